The standard InChI is InChI=1S/C23H20N3.Ir/c1-16-6-8-19(9-7-16)23-25-11-12-26(23)22-17(2)13-21(14-18(22)3)20-5-4-10-24-15-20;/h4-8,10-15H,1-3H3;/q-1;. The van der Waals surface area contributed by atoms with Crippen molar-refractivity contribution in [3.63, 3.8) is 0 Å². The van der Waals surface area contributed by atoms with E-state index in [0.717, 1.165) is 17.0 Å². The van der Waals surface area contributed by atoms with Crippen LogP contribution < -0.4 is 0 Å². The maximum atomic E-state index is 4.58. The fourth-order valence-corrected chi connectivity index (χ4v) is 3.36. The molecule has 0 N–H and O–H groups in total. The second kappa shape index (κ2) is 7.99. The summed E-state index contributed by atoms with van der Waals surface area (Å²) in [5.74, 6) is 0.908. The molecule has 0 aliphatic rings. The number of benzene rings is 2. The van der Waals surface area contributed by atoms with E-state index >= 15 is 0 Å². The SMILES string of the molecule is Cc1c[c-]c(-c2nccn2-c2c(C)cc(-c3cccnc3)cc2C)cc1.[Ir]. The molecule has 2 aromatic heterocycles. The fourth-order valence-electron chi connectivity index (χ4n) is 3.36. The van der Waals surface area contributed by atoms with E-state index in [1.54, 1.807) is 6.20 Å². The zero-order valence-electron chi connectivity index (χ0n) is 15.5. The third kappa shape index (κ3) is 3.78. The Morgan fingerprint density at radius 1 is 0.926 bits per heavy atom. The van der Waals surface area contributed by atoms with Crippen molar-refractivity contribution in [3.8, 4) is 28.2 Å². The number of hydrogen-bond donors (Lipinski definition) is 0. The van der Waals surface area contributed by atoms with E-state index in [2.05, 4.69) is 71.7 Å². The predicted molar refractivity (Wildman–Crippen MR) is 105 cm³/mol. The van der Waals surface area contributed by atoms with Crippen LogP contribution in [0.2, 0.25) is 0 Å². The Hall–Kier alpha value is -2.55. The van der Waals surface area contributed by atoms with Crippen LogP contribution in [-0.2, 0) is 20.1 Å². The Labute approximate surface area is 173 Å². The van der Waals surface area contributed by atoms with Crippen LogP contribution in [0.4, 0.5) is 0 Å². The molecule has 3 nitrogen and oxygen atoms in total. The van der Waals surface area contributed by atoms with Crippen molar-refractivity contribution in [2.75, 3.05) is 0 Å². The first-order valence-electron chi connectivity index (χ1n) is 8.67. The Kier molecular flexibility index (Phi) is 5.69. The number of pyridine rings is 1. The molecule has 0 aliphatic heterocycles. The Bertz CT molecular complexity index is 1030. The molecule has 1 radical (unpaired) electrons. The van der Waals surface area contributed by atoms with E-state index < -0.39 is 0 Å². The van der Waals surface area contributed by atoms with Gasteiger partial charge in [0.15, 0.2) is 0 Å². The second-order valence-electron chi connectivity index (χ2n) is 6.60. The minimum atomic E-state index is 0. The fraction of sp³-hybridized carbons (Fsp3) is 0.130. The molecule has 0 spiro atoms. The Balaban J connectivity index is 0.00000210. The topological polar surface area (TPSA) is 30.7 Å². The van der Waals surface area contributed by atoms with Crippen LogP contribution in [0.15, 0.2) is 67.3 Å². The summed E-state index contributed by atoms with van der Waals surface area (Å²) in [6.07, 6.45) is 7.56. The molecule has 2 aromatic carbocycles. The van der Waals surface area contributed by atoms with Crippen molar-refractivity contribution in [3.05, 3.63) is 90.0 Å². The van der Waals surface area contributed by atoms with E-state index in [4.69, 9.17) is 0 Å². The number of imidazole rings is 1. The normalized spacial score (nSPS) is 10.5. The molecule has 0 saturated carbocycles. The summed E-state index contributed by atoms with van der Waals surface area (Å²) in [6, 6.07) is 18.0. The largest absolute Gasteiger partial charge is 0.340 e. The minimum absolute atomic E-state index is 0. The molecule has 4 heteroatoms. The van der Waals surface area contributed by atoms with E-state index in [0.29, 0.717) is 0 Å². The monoisotopic (exact) mass is 531 g/mol. The molecular weight excluding hydrogens is 510 g/mol. The van der Waals surface area contributed by atoms with Crippen molar-refractivity contribution in [2.45, 2.75) is 20.8 Å². The summed E-state index contributed by atoms with van der Waals surface area (Å²) in [6.45, 7) is 6.36. The van der Waals surface area contributed by atoms with Crippen molar-refractivity contribution >= 4 is 0 Å². The van der Waals surface area contributed by atoms with Crippen LogP contribution in [0.5, 0.6) is 0 Å². The molecule has 4 aromatic rings. The van der Waals surface area contributed by atoms with Gasteiger partial charge < -0.3 is 4.57 Å². The van der Waals surface area contributed by atoms with Crippen LogP contribution in [0, 0.1) is 26.8 Å². The van der Waals surface area contributed by atoms with Gasteiger partial charge in [0.05, 0.1) is 5.82 Å². The minimum Gasteiger partial charge on any atom is -0.340 e. The number of hydrogen-bond acceptors (Lipinski definition) is 2. The van der Waals surface area contributed by atoms with E-state index in [9.17, 15) is 0 Å². The molecule has 0 fully saturated rings. The molecule has 0 saturated heterocycles. The molecule has 137 valence electrons. The van der Waals surface area contributed by atoms with Crippen molar-refractivity contribution in [2.24, 2.45) is 0 Å². The molecule has 4 rings (SSSR count). The molecule has 0 unspecified atom stereocenters. The number of nitrogens with zero attached hydrogens (tertiary/aromatic N) is 3. The van der Waals surface area contributed by atoms with E-state index in [1.165, 1.54) is 27.9 Å². The molecule has 27 heavy (non-hydrogen) atoms. The van der Waals surface area contributed by atoms with Gasteiger partial charge in [-0.3, -0.25) is 9.97 Å². The second-order valence-corrected chi connectivity index (χ2v) is 6.60. The Morgan fingerprint density at radius 3 is 2.33 bits per heavy atom. The number of rotatable bonds is 3. The van der Waals surface area contributed by atoms with Crippen molar-refractivity contribution in [1.29, 1.82) is 0 Å². The summed E-state index contributed by atoms with van der Waals surface area (Å²) >= 11 is 0. The zero-order chi connectivity index (χ0) is 18.1. The summed E-state index contributed by atoms with van der Waals surface area (Å²) in [5.41, 5.74) is 8.07. The van der Waals surface area contributed by atoms with Gasteiger partial charge in [-0.15, -0.1) is 35.4 Å². The predicted octanol–water partition coefficient (Wildman–Crippen LogP) is 5.32. The first-order chi connectivity index (χ1) is 12.6. The zero-order valence-corrected chi connectivity index (χ0v) is 17.9. The number of aryl methyl sites for hydroxylation is 3. The van der Waals surface area contributed by atoms with Crippen LogP contribution in [0.3, 0.4) is 0 Å². The smallest absolute Gasteiger partial charge is 0.0602 e. The average Bonchev–Trinajstić information content (AvgIpc) is 3.12. The van der Waals surface area contributed by atoms with Gasteiger partial charge in [-0.05, 0) is 48.7 Å². The molecular formula is C23H20IrN3-. The van der Waals surface area contributed by atoms with E-state index in [1.807, 2.05) is 30.7 Å². The third-order valence-electron chi connectivity index (χ3n) is 4.58. The summed E-state index contributed by atoms with van der Waals surface area (Å²) in [4.78, 5) is 8.81. The van der Waals surface area contributed by atoms with Gasteiger partial charge in [0, 0.05) is 56.1 Å². The quantitative estimate of drug-likeness (QED) is 0.336. The van der Waals surface area contributed by atoms with Gasteiger partial charge in [-0.25, -0.2) is 0 Å². The van der Waals surface area contributed by atoms with Gasteiger partial charge in [0.25, 0.3) is 0 Å². The van der Waals surface area contributed by atoms with Crippen LogP contribution in [0.25, 0.3) is 28.2 Å². The van der Waals surface area contributed by atoms with E-state index in [-0.39, 0.29) is 20.1 Å². The maximum Gasteiger partial charge on any atom is 0.0602 e. The third-order valence-corrected chi connectivity index (χ3v) is 4.58. The average molecular weight is 531 g/mol. The van der Waals surface area contributed by atoms with Gasteiger partial charge in [-0.2, -0.15) is 0 Å². The molecule has 2 heterocycles. The van der Waals surface area contributed by atoms with Crippen LogP contribution >= 0.6 is 0 Å². The first-order valence-corrected chi connectivity index (χ1v) is 8.67. The van der Waals surface area contributed by atoms with Crippen molar-refractivity contribution in [1.82, 2.24) is 14.5 Å². The van der Waals surface area contributed by atoms with Crippen LogP contribution in [0.1, 0.15) is 16.7 Å². The molecule has 0 bridgehead atoms. The van der Waals surface area contributed by atoms with Gasteiger partial charge in [0.1, 0.15) is 0 Å². The first kappa shape index (κ1) is 19.2. The molecule has 0 aliphatic carbocycles. The van der Waals surface area contributed by atoms with Gasteiger partial charge >= 0.3 is 0 Å². The summed E-state index contributed by atoms with van der Waals surface area (Å²) in [5, 5.41) is 0. The van der Waals surface area contributed by atoms with Gasteiger partial charge in [0.2, 0.25) is 0 Å². The summed E-state index contributed by atoms with van der Waals surface area (Å²) in [7, 11) is 0. The molecule has 0 amide bonds. The van der Waals surface area contributed by atoms with Gasteiger partial charge in [-0.1, -0.05) is 13.0 Å². The molecule has 0 atom stereocenters. The number of aromatic nitrogens is 3. The summed E-state index contributed by atoms with van der Waals surface area (Å²) < 4.78 is 2.15. The Morgan fingerprint density at radius 2 is 1.70 bits per heavy atom. The van der Waals surface area contributed by atoms with Crippen molar-refractivity contribution < 1.29 is 20.1 Å². The maximum absolute atomic E-state index is 4.58. The van der Waals surface area contributed by atoms with Crippen LogP contribution in [-0.4, -0.2) is 14.5 Å².